The molecule has 0 aromatic heterocycles. The average molecular weight is 216 g/mol. The number of hydrogen-bond donors (Lipinski definition) is 0. The van der Waals surface area contributed by atoms with Crippen molar-refractivity contribution in [1.29, 1.82) is 0 Å². The van der Waals surface area contributed by atoms with Gasteiger partial charge in [0.25, 0.3) is 0 Å². The summed E-state index contributed by atoms with van der Waals surface area (Å²) in [6.45, 7) is 11.8. The normalized spacial score (nSPS) is 14.0. The van der Waals surface area contributed by atoms with E-state index in [0.717, 1.165) is 21.0 Å². The molecule has 0 unspecified atom stereocenters. The van der Waals surface area contributed by atoms with Crippen molar-refractivity contribution in [2.24, 2.45) is 0 Å². The summed E-state index contributed by atoms with van der Waals surface area (Å²) in [5.74, 6) is 0. The molecule has 0 rings (SSSR count). The lowest BCUT2D eigenvalue weighted by Gasteiger charge is -2.37. The molecule has 0 spiro atoms. The van der Waals surface area contributed by atoms with Gasteiger partial charge >= 0.3 is 0 Å². The molecule has 0 aromatic carbocycles. The van der Waals surface area contributed by atoms with Crippen LogP contribution in [0.3, 0.4) is 0 Å². The predicted octanol–water partition coefficient (Wildman–Crippen LogP) is 2.35. The van der Waals surface area contributed by atoms with Gasteiger partial charge in [-0.3, -0.25) is 0 Å². The fraction of sp³-hybridized carbons (Fsp3) is 1.00. The Balaban J connectivity index is 4.00. The first-order valence-corrected chi connectivity index (χ1v) is 6.25. The molecule has 0 saturated carbocycles. The van der Waals surface area contributed by atoms with Crippen molar-refractivity contribution >= 4 is 0 Å². The smallest absolute Gasteiger partial charge is 0.0838 e. The zero-order valence-corrected chi connectivity index (χ0v) is 12.2. The lowest BCUT2D eigenvalue weighted by molar-refractivity contribution is -0.929. The fourth-order valence-electron chi connectivity index (χ4n) is 1.40. The van der Waals surface area contributed by atoms with Crippen LogP contribution < -0.4 is 0 Å². The molecule has 0 saturated heterocycles. The minimum atomic E-state index is 0.722. The molecule has 0 bridgehead atoms. The van der Waals surface area contributed by atoms with Crippen molar-refractivity contribution in [2.75, 3.05) is 41.3 Å². The molecule has 0 fully saturated rings. The first-order chi connectivity index (χ1) is 6.59. The summed E-state index contributed by atoms with van der Waals surface area (Å²) >= 11 is 0. The number of nitrogens with zero attached hydrogens (tertiary/aromatic N) is 2. The van der Waals surface area contributed by atoms with Gasteiger partial charge in [-0.15, -0.1) is 0 Å². The quantitative estimate of drug-likeness (QED) is 0.598. The maximum absolute atomic E-state index is 2.33. The largest absolute Gasteiger partial charge is 0.326 e. The van der Waals surface area contributed by atoms with E-state index in [4.69, 9.17) is 0 Å². The molecular weight excluding hydrogens is 184 g/mol. The Labute approximate surface area is 97.1 Å². The standard InChI is InChI=1S/C13H32N2/c1-12(2)14(5,6)10-9-11-15(7,8)13(3)4/h12-13H,9-11H2,1-8H3/q+2. The molecule has 92 valence electrons. The maximum Gasteiger partial charge on any atom is 0.0838 e. The van der Waals surface area contributed by atoms with Crippen LogP contribution in [-0.2, 0) is 0 Å². The maximum atomic E-state index is 2.33. The Bertz CT molecular complexity index is 161. The number of hydrogen-bond acceptors (Lipinski definition) is 0. The summed E-state index contributed by atoms with van der Waals surface area (Å²) in [5.41, 5.74) is 0. The molecule has 0 atom stereocenters. The van der Waals surface area contributed by atoms with E-state index in [-0.39, 0.29) is 0 Å². The molecule has 0 aliphatic carbocycles. The van der Waals surface area contributed by atoms with Gasteiger partial charge in [0, 0.05) is 6.42 Å². The number of quaternary nitrogens is 2. The van der Waals surface area contributed by atoms with Crippen LogP contribution in [0.4, 0.5) is 0 Å². The third-order valence-corrected chi connectivity index (χ3v) is 4.26. The molecule has 0 heterocycles. The minimum absolute atomic E-state index is 0.722. The van der Waals surface area contributed by atoms with Crippen molar-refractivity contribution in [1.82, 2.24) is 0 Å². The Morgan fingerprint density at radius 1 is 0.667 bits per heavy atom. The Morgan fingerprint density at radius 3 is 1.13 bits per heavy atom. The summed E-state index contributed by atoms with van der Waals surface area (Å²) in [6.07, 6.45) is 1.32. The molecular formula is C13H32N2+2. The van der Waals surface area contributed by atoms with E-state index in [1.165, 1.54) is 19.5 Å². The number of rotatable bonds is 6. The second kappa shape index (κ2) is 5.31. The van der Waals surface area contributed by atoms with Crippen molar-refractivity contribution in [2.45, 2.75) is 46.2 Å². The summed E-state index contributed by atoms with van der Waals surface area (Å²) in [6, 6.07) is 1.44. The minimum Gasteiger partial charge on any atom is -0.326 e. The van der Waals surface area contributed by atoms with E-state index in [2.05, 4.69) is 55.9 Å². The summed E-state index contributed by atoms with van der Waals surface area (Å²) in [7, 11) is 9.33. The van der Waals surface area contributed by atoms with Crippen LogP contribution in [-0.4, -0.2) is 62.3 Å². The highest BCUT2D eigenvalue weighted by molar-refractivity contribution is 4.45. The van der Waals surface area contributed by atoms with E-state index >= 15 is 0 Å². The van der Waals surface area contributed by atoms with Crippen LogP contribution in [0.2, 0.25) is 0 Å². The highest BCUT2D eigenvalue weighted by Crippen LogP contribution is 2.11. The van der Waals surface area contributed by atoms with Gasteiger partial charge < -0.3 is 8.97 Å². The molecule has 2 nitrogen and oxygen atoms in total. The van der Waals surface area contributed by atoms with Crippen molar-refractivity contribution in [3.8, 4) is 0 Å². The SMILES string of the molecule is CC(C)[N+](C)(C)CCC[N+](C)(C)C(C)C. The molecule has 0 amide bonds. The van der Waals surface area contributed by atoms with Crippen LogP contribution in [0.25, 0.3) is 0 Å². The third-order valence-electron chi connectivity index (χ3n) is 4.26. The van der Waals surface area contributed by atoms with E-state index in [1.54, 1.807) is 0 Å². The lowest BCUT2D eigenvalue weighted by Crippen LogP contribution is -2.50. The monoisotopic (exact) mass is 216 g/mol. The summed E-state index contributed by atoms with van der Waals surface area (Å²) < 4.78 is 2.27. The van der Waals surface area contributed by atoms with Gasteiger partial charge in [-0.05, 0) is 27.7 Å². The molecule has 0 aliphatic rings. The van der Waals surface area contributed by atoms with Crippen LogP contribution in [0, 0.1) is 0 Å². The van der Waals surface area contributed by atoms with Crippen LogP contribution in [0.15, 0.2) is 0 Å². The molecule has 15 heavy (non-hydrogen) atoms. The van der Waals surface area contributed by atoms with E-state index in [9.17, 15) is 0 Å². The zero-order chi connectivity index (χ0) is 12.3. The fourth-order valence-corrected chi connectivity index (χ4v) is 1.40. The lowest BCUT2D eigenvalue weighted by atomic mass is 10.2. The first kappa shape index (κ1) is 14.9. The van der Waals surface area contributed by atoms with E-state index in [0.29, 0.717) is 0 Å². The molecule has 0 aliphatic heterocycles. The van der Waals surface area contributed by atoms with Gasteiger partial charge in [-0.25, -0.2) is 0 Å². The molecule has 0 N–H and O–H groups in total. The van der Waals surface area contributed by atoms with E-state index in [1.807, 2.05) is 0 Å². The predicted molar refractivity (Wildman–Crippen MR) is 68.8 cm³/mol. The van der Waals surface area contributed by atoms with Crippen LogP contribution in [0.1, 0.15) is 34.1 Å². The Hall–Kier alpha value is -0.0800. The summed E-state index contributed by atoms with van der Waals surface area (Å²) in [4.78, 5) is 0. The highest BCUT2D eigenvalue weighted by atomic mass is 15.3. The Morgan fingerprint density at radius 2 is 0.933 bits per heavy atom. The van der Waals surface area contributed by atoms with Gasteiger partial charge in [0.1, 0.15) is 0 Å². The second-order valence-electron chi connectivity index (χ2n) is 6.55. The molecule has 0 aromatic rings. The zero-order valence-electron chi connectivity index (χ0n) is 12.2. The topological polar surface area (TPSA) is 0 Å². The van der Waals surface area contributed by atoms with Crippen molar-refractivity contribution in [3.63, 3.8) is 0 Å². The highest BCUT2D eigenvalue weighted by Gasteiger charge is 2.23. The van der Waals surface area contributed by atoms with Gasteiger partial charge in [-0.1, -0.05) is 0 Å². The van der Waals surface area contributed by atoms with Gasteiger partial charge in [0.15, 0.2) is 0 Å². The van der Waals surface area contributed by atoms with Gasteiger partial charge in [0.2, 0.25) is 0 Å². The van der Waals surface area contributed by atoms with E-state index < -0.39 is 0 Å². The second-order valence-corrected chi connectivity index (χ2v) is 6.55. The summed E-state index contributed by atoms with van der Waals surface area (Å²) in [5, 5.41) is 0. The third kappa shape index (κ3) is 4.98. The van der Waals surface area contributed by atoms with Gasteiger partial charge in [0.05, 0.1) is 53.4 Å². The first-order valence-electron chi connectivity index (χ1n) is 6.25. The molecule has 2 heteroatoms. The average Bonchev–Trinajstić information content (AvgIpc) is 2.02. The van der Waals surface area contributed by atoms with Gasteiger partial charge in [-0.2, -0.15) is 0 Å². The van der Waals surface area contributed by atoms with Crippen molar-refractivity contribution < 1.29 is 8.97 Å². The van der Waals surface area contributed by atoms with Crippen LogP contribution in [0.5, 0.6) is 0 Å². The Kier molecular flexibility index (Phi) is 5.28. The van der Waals surface area contributed by atoms with Crippen LogP contribution >= 0.6 is 0 Å². The van der Waals surface area contributed by atoms with Crippen molar-refractivity contribution in [3.05, 3.63) is 0 Å². The molecule has 0 radical (unpaired) electrons.